The molecule has 1 aliphatic rings. The van der Waals surface area contributed by atoms with Gasteiger partial charge in [0.1, 0.15) is 0 Å². The largest absolute Gasteiger partial charge is 0.466 e. The smallest absolute Gasteiger partial charge is 0.336 e. The molecule has 1 heterocycles. The lowest BCUT2D eigenvalue weighted by atomic mass is 9.78. The van der Waals surface area contributed by atoms with Gasteiger partial charge in [-0.15, -0.1) is 0 Å². The van der Waals surface area contributed by atoms with Crippen molar-refractivity contribution in [1.29, 1.82) is 0 Å². The van der Waals surface area contributed by atoms with Crippen molar-refractivity contribution in [3.05, 3.63) is 62.5 Å². The van der Waals surface area contributed by atoms with Crippen molar-refractivity contribution in [2.45, 2.75) is 32.6 Å². The van der Waals surface area contributed by atoms with E-state index in [1.165, 1.54) is 26.4 Å². The molecule has 1 aromatic carbocycles. The predicted octanol–water partition coefficient (Wildman–Crippen LogP) is 2.96. The molecule has 0 fully saturated rings. The van der Waals surface area contributed by atoms with Crippen LogP contribution < -0.4 is 5.32 Å². The molecular formula is C19H22N2O6. The number of dihydropyridines is 1. The van der Waals surface area contributed by atoms with Gasteiger partial charge in [-0.3, -0.25) is 10.1 Å². The highest BCUT2D eigenvalue weighted by Crippen LogP contribution is 2.43. The van der Waals surface area contributed by atoms with Gasteiger partial charge in [-0.05, 0) is 12.8 Å². The first kappa shape index (κ1) is 20.2. The summed E-state index contributed by atoms with van der Waals surface area (Å²) in [7, 11) is 2.46. The molecule has 0 bridgehead atoms. The second-order valence-electron chi connectivity index (χ2n) is 5.85. The summed E-state index contributed by atoms with van der Waals surface area (Å²) in [6.07, 6.45) is 0.916. The van der Waals surface area contributed by atoms with Crippen molar-refractivity contribution in [1.82, 2.24) is 5.32 Å². The summed E-state index contributed by atoms with van der Waals surface area (Å²) in [5, 5.41) is 14.7. The Morgan fingerprint density at radius 2 is 1.52 bits per heavy atom. The quantitative estimate of drug-likeness (QED) is 0.463. The Kier molecular flexibility index (Phi) is 6.33. The van der Waals surface area contributed by atoms with Crippen LogP contribution in [0, 0.1) is 10.1 Å². The average molecular weight is 374 g/mol. The van der Waals surface area contributed by atoms with E-state index in [-0.39, 0.29) is 22.4 Å². The molecule has 0 amide bonds. The number of para-hydroxylation sites is 1. The van der Waals surface area contributed by atoms with Crippen LogP contribution >= 0.6 is 0 Å². The van der Waals surface area contributed by atoms with Gasteiger partial charge in [0.25, 0.3) is 5.69 Å². The van der Waals surface area contributed by atoms with Crippen LogP contribution in [0.15, 0.2) is 46.8 Å². The first-order valence-electron chi connectivity index (χ1n) is 8.54. The van der Waals surface area contributed by atoms with E-state index in [0.29, 0.717) is 24.2 Å². The molecule has 0 unspecified atom stereocenters. The zero-order chi connectivity index (χ0) is 20.1. The minimum absolute atomic E-state index is 0.173. The van der Waals surface area contributed by atoms with Crippen molar-refractivity contribution in [3.8, 4) is 0 Å². The molecule has 1 N–H and O–H groups in total. The summed E-state index contributed by atoms with van der Waals surface area (Å²) in [4.78, 5) is 36.2. The summed E-state index contributed by atoms with van der Waals surface area (Å²) in [6, 6.07) is 6.05. The number of allylic oxidation sites excluding steroid dienone is 2. The van der Waals surface area contributed by atoms with Gasteiger partial charge in [0.2, 0.25) is 0 Å². The third-order valence-electron chi connectivity index (χ3n) is 4.49. The number of benzene rings is 1. The summed E-state index contributed by atoms with van der Waals surface area (Å²) in [5.41, 5.74) is 1.53. The maximum atomic E-state index is 12.6. The van der Waals surface area contributed by atoms with E-state index < -0.39 is 22.8 Å². The highest BCUT2D eigenvalue weighted by Gasteiger charge is 2.41. The topological polar surface area (TPSA) is 108 Å². The van der Waals surface area contributed by atoms with Gasteiger partial charge < -0.3 is 14.8 Å². The van der Waals surface area contributed by atoms with E-state index in [1.54, 1.807) is 12.1 Å². The number of nitro benzene ring substituents is 1. The fourth-order valence-corrected chi connectivity index (χ4v) is 3.28. The van der Waals surface area contributed by atoms with Crippen LogP contribution in [0.5, 0.6) is 0 Å². The van der Waals surface area contributed by atoms with Gasteiger partial charge in [0.15, 0.2) is 0 Å². The third kappa shape index (κ3) is 3.69. The number of methoxy groups -OCH3 is 2. The first-order chi connectivity index (χ1) is 12.9. The Bertz CT molecular complexity index is 800. The fourth-order valence-electron chi connectivity index (χ4n) is 3.28. The highest BCUT2D eigenvalue weighted by atomic mass is 16.6. The van der Waals surface area contributed by atoms with Crippen LogP contribution in [0.4, 0.5) is 5.69 Å². The molecule has 0 atom stereocenters. The molecule has 2 rings (SSSR count). The molecule has 1 aliphatic heterocycles. The van der Waals surface area contributed by atoms with Crippen molar-refractivity contribution in [2.24, 2.45) is 0 Å². The van der Waals surface area contributed by atoms with Crippen LogP contribution in [-0.4, -0.2) is 31.1 Å². The molecule has 1 aromatic rings. The number of nitro groups is 1. The van der Waals surface area contributed by atoms with E-state index in [1.807, 2.05) is 13.8 Å². The van der Waals surface area contributed by atoms with Crippen molar-refractivity contribution < 1.29 is 24.0 Å². The molecule has 8 nitrogen and oxygen atoms in total. The van der Waals surface area contributed by atoms with Crippen molar-refractivity contribution in [3.63, 3.8) is 0 Å². The predicted molar refractivity (Wildman–Crippen MR) is 97.6 cm³/mol. The summed E-state index contributed by atoms with van der Waals surface area (Å²) >= 11 is 0. The van der Waals surface area contributed by atoms with Gasteiger partial charge in [-0.25, -0.2) is 9.59 Å². The van der Waals surface area contributed by atoms with E-state index in [2.05, 4.69) is 5.32 Å². The SMILES string of the molecule is CCC1=C(C(=O)OC)C(c2ccccc2[N+](=O)[O-])C(C(=O)OC)=C(CC)N1. The second-order valence-corrected chi connectivity index (χ2v) is 5.85. The molecule has 0 saturated heterocycles. The van der Waals surface area contributed by atoms with E-state index in [0.717, 1.165) is 0 Å². The number of hydrogen-bond acceptors (Lipinski definition) is 7. The number of carbonyl (C=O) groups is 2. The molecule has 0 radical (unpaired) electrons. The zero-order valence-electron chi connectivity index (χ0n) is 15.7. The molecule has 0 saturated carbocycles. The lowest BCUT2D eigenvalue weighted by Crippen LogP contribution is -2.33. The lowest BCUT2D eigenvalue weighted by Gasteiger charge is -2.31. The van der Waals surface area contributed by atoms with E-state index >= 15 is 0 Å². The Morgan fingerprint density at radius 3 is 1.93 bits per heavy atom. The fraction of sp³-hybridized carbons (Fsp3) is 0.368. The lowest BCUT2D eigenvalue weighted by molar-refractivity contribution is -0.385. The normalized spacial score (nSPS) is 14.7. The standard InChI is InChI=1S/C19H22N2O6/c1-5-12-16(18(22)26-3)15(11-9-7-8-10-14(11)21(24)25)17(19(23)27-4)13(6-2)20-12/h7-10,15,20H,5-6H2,1-4H3. The van der Waals surface area contributed by atoms with Gasteiger partial charge in [0.05, 0.1) is 36.2 Å². The Labute approximate surface area is 157 Å². The van der Waals surface area contributed by atoms with Crippen molar-refractivity contribution >= 4 is 17.6 Å². The molecule has 0 aromatic heterocycles. The highest BCUT2D eigenvalue weighted by molar-refractivity contribution is 6.00. The van der Waals surface area contributed by atoms with Crippen LogP contribution in [0.3, 0.4) is 0 Å². The molecular weight excluding hydrogens is 352 g/mol. The number of carbonyl (C=O) groups excluding carboxylic acids is 2. The molecule has 27 heavy (non-hydrogen) atoms. The summed E-state index contributed by atoms with van der Waals surface area (Å²) < 4.78 is 9.85. The van der Waals surface area contributed by atoms with Crippen LogP contribution in [0.25, 0.3) is 0 Å². The monoisotopic (exact) mass is 374 g/mol. The number of hydrogen-bond donors (Lipinski definition) is 1. The van der Waals surface area contributed by atoms with Gasteiger partial charge in [-0.2, -0.15) is 0 Å². The third-order valence-corrected chi connectivity index (χ3v) is 4.49. The maximum Gasteiger partial charge on any atom is 0.336 e. The number of rotatable bonds is 6. The Balaban J connectivity index is 2.88. The maximum absolute atomic E-state index is 12.6. The zero-order valence-corrected chi connectivity index (χ0v) is 15.7. The number of nitrogens with one attached hydrogen (secondary N) is 1. The molecule has 0 spiro atoms. The van der Waals surface area contributed by atoms with Crippen LogP contribution in [-0.2, 0) is 19.1 Å². The van der Waals surface area contributed by atoms with Crippen molar-refractivity contribution in [2.75, 3.05) is 14.2 Å². The Hall–Kier alpha value is -3.16. The molecule has 0 aliphatic carbocycles. The minimum atomic E-state index is -0.961. The summed E-state index contributed by atoms with van der Waals surface area (Å²) in [5.74, 6) is -2.27. The Morgan fingerprint density at radius 1 is 1.04 bits per heavy atom. The second kappa shape index (κ2) is 8.48. The molecule has 144 valence electrons. The van der Waals surface area contributed by atoms with Gasteiger partial charge in [0, 0.05) is 23.0 Å². The van der Waals surface area contributed by atoms with Crippen LogP contribution in [0.2, 0.25) is 0 Å². The number of ether oxygens (including phenoxy) is 2. The van der Waals surface area contributed by atoms with Gasteiger partial charge >= 0.3 is 11.9 Å². The van der Waals surface area contributed by atoms with E-state index in [4.69, 9.17) is 9.47 Å². The summed E-state index contributed by atoms with van der Waals surface area (Å²) in [6.45, 7) is 3.69. The number of esters is 2. The minimum Gasteiger partial charge on any atom is -0.466 e. The van der Waals surface area contributed by atoms with E-state index in [9.17, 15) is 19.7 Å². The molecule has 8 heteroatoms. The first-order valence-corrected chi connectivity index (χ1v) is 8.54. The van der Waals surface area contributed by atoms with Crippen LogP contribution in [0.1, 0.15) is 38.2 Å². The number of nitrogens with zero attached hydrogens (tertiary/aromatic N) is 1. The van der Waals surface area contributed by atoms with Gasteiger partial charge in [-0.1, -0.05) is 32.0 Å². The average Bonchev–Trinajstić information content (AvgIpc) is 2.70.